The van der Waals surface area contributed by atoms with Crippen molar-refractivity contribution in [3.05, 3.63) is 18.5 Å². The van der Waals surface area contributed by atoms with E-state index in [0.29, 0.717) is 23.9 Å². The summed E-state index contributed by atoms with van der Waals surface area (Å²) in [7, 11) is 1.88. The maximum Gasteiger partial charge on any atom is 0.490 e. The molecule has 0 spiro atoms. The molecule has 2 saturated carbocycles. The number of anilines is 3. The van der Waals surface area contributed by atoms with Crippen LogP contribution in [-0.2, 0) is 11.8 Å². The van der Waals surface area contributed by atoms with Crippen LogP contribution in [0.3, 0.4) is 0 Å². The molecule has 0 bridgehead atoms. The molecule has 0 saturated heterocycles. The highest BCUT2D eigenvalue weighted by Gasteiger charge is 2.38. The van der Waals surface area contributed by atoms with Crippen molar-refractivity contribution in [3.63, 3.8) is 0 Å². The molecule has 2 heterocycles. The van der Waals surface area contributed by atoms with Crippen LogP contribution >= 0.6 is 0 Å². The molecule has 2 aliphatic rings. The summed E-state index contributed by atoms with van der Waals surface area (Å²) in [5, 5.41) is 18.3. The monoisotopic (exact) mass is 471 g/mol. The summed E-state index contributed by atoms with van der Waals surface area (Å²) < 4.78 is 39.4. The molecule has 0 radical (unpaired) electrons. The molecule has 13 heteroatoms. The molecule has 4 rings (SSSR count). The van der Waals surface area contributed by atoms with Crippen molar-refractivity contribution in [2.24, 2.45) is 12.8 Å². The van der Waals surface area contributed by atoms with E-state index in [1.165, 1.54) is 6.42 Å². The lowest BCUT2D eigenvalue weighted by atomic mass is 9.92. The normalized spacial score (nSPS) is 20.8. The van der Waals surface area contributed by atoms with Gasteiger partial charge in [-0.15, -0.1) is 5.10 Å². The van der Waals surface area contributed by atoms with Gasteiger partial charge in [-0.25, -0.2) is 9.78 Å². The molecule has 0 unspecified atom stereocenters. The number of ether oxygens (including phenoxy) is 1. The van der Waals surface area contributed by atoms with Gasteiger partial charge in [-0.3, -0.25) is 4.68 Å². The van der Waals surface area contributed by atoms with E-state index in [1.54, 1.807) is 10.9 Å². The molecule has 2 aromatic rings. The number of aromatic nitrogens is 4. The van der Waals surface area contributed by atoms with E-state index in [9.17, 15) is 13.2 Å². The van der Waals surface area contributed by atoms with Crippen LogP contribution in [0.4, 0.5) is 30.6 Å². The molecule has 2 aromatic heterocycles. The molecule has 10 nitrogen and oxygen atoms in total. The molecule has 0 amide bonds. The van der Waals surface area contributed by atoms with Crippen LogP contribution in [0.15, 0.2) is 18.5 Å². The van der Waals surface area contributed by atoms with Gasteiger partial charge in [0.2, 0.25) is 5.95 Å². The van der Waals surface area contributed by atoms with Crippen LogP contribution in [-0.4, -0.2) is 55.2 Å². The number of alkyl halides is 3. The number of carboxylic acids is 1. The van der Waals surface area contributed by atoms with Crippen molar-refractivity contribution in [1.82, 2.24) is 19.7 Å². The third-order valence-electron chi connectivity index (χ3n) is 5.39. The summed E-state index contributed by atoms with van der Waals surface area (Å²) in [5.74, 6) is -0.782. The van der Waals surface area contributed by atoms with Crippen LogP contribution < -0.4 is 21.1 Å². The number of nitrogens with one attached hydrogen (secondary N) is 2. The van der Waals surface area contributed by atoms with Gasteiger partial charge in [0.05, 0.1) is 6.20 Å². The number of carbonyl (C=O) groups is 1. The van der Waals surface area contributed by atoms with Crippen LogP contribution in [0, 0.1) is 0 Å². The summed E-state index contributed by atoms with van der Waals surface area (Å²) >= 11 is 0. The van der Waals surface area contributed by atoms with Crippen LogP contribution in [0.2, 0.25) is 0 Å². The summed E-state index contributed by atoms with van der Waals surface area (Å²) in [6, 6.07) is 2.66. The third kappa shape index (κ3) is 7.48. The van der Waals surface area contributed by atoms with Crippen LogP contribution in [0.1, 0.15) is 44.9 Å². The Balaban J connectivity index is 0.000000383. The second-order valence-corrected chi connectivity index (χ2v) is 8.14. The zero-order chi connectivity index (χ0) is 24.0. The maximum absolute atomic E-state index is 10.6. The van der Waals surface area contributed by atoms with Crippen LogP contribution in [0.5, 0.6) is 5.88 Å². The average Bonchev–Trinajstić information content (AvgIpc) is 3.05. The standard InChI is InChI=1S/C18H27N7O.C2HF3O2/c1-25-11-15(17(24-25)26-14-3-2-4-14)22-18-20-10-9-16(23-18)21-13-7-5-12(19)6-8-13;3-2(4,5)1(6)7/h9-14H,2-8,19H2,1H3,(H2,20,21,22,23);(H,6,7). The topological polar surface area (TPSA) is 140 Å². The zero-order valence-corrected chi connectivity index (χ0v) is 18.2. The lowest BCUT2D eigenvalue weighted by Gasteiger charge is -2.27. The van der Waals surface area contributed by atoms with Crippen molar-refractivity contribution in [2.75, 3.05) is 10.6 Å². The van der Waals surface area contributed by atoms with Gasteiger partial charge in [-0.05, 0) is 51.0 Å². The second-order valence-electron chi connectivity index (χ2n) is 8.14. The molecule has 0 atom stereocenters. The SMILES string of the molecule is Cn1cc(Nc2nccc(NC3CCC(N)CC3)n2)c(OC2CCC2)n1.O=C(O)C(F)(F)F. The quantitative estimate of drug-likeness (QED) is 0.500. The van der Waals surface area contributed by atoms with Crippen molar-refractivity contribution in [3.8, 4) is 5.88 Å². The highest BCUT2D eigenvalue weighted by molar-refractivity contribution is 5.73. The molecule has 33 heavy (non-hydrogen) atoms. The lowest BCUT2D eigenvalue weighted by Crippen LogP contribution is -2.33. The van der Waals surface area contributed by atoms with E-state index in [2.05, 4.69) is 25.7 Å². The molecule has 5 N–H and O–H groups in total. The van der Waals surface area contributed by atoms with Crippen molar-refractivity contribution in [2.45, 2.75) is 69.3 Å². The van der Waals surface area contributed by atoms with Gasteiger partial charge in [0.25, 0.3) is 5.88 Å². The Morgan fingerprint density at radius 1 is 1.24 bits per heavy atom. The minimum absolute atomic E-state index is 0.275. The Bertz CT molecular complexity index is 926. The van der Waals surface area contributed by atoms with E-state index in [0.717, 1.165) is 50.0 Å². The first-order chi connectivity index (χ1) is 15.6. The predicted molar refractivity (Wildman–Crippen MR) is 114 cm³/mol. The van der Waals surface area contributed by atoms with Gasteiger partial charge >= 0.3 is 12.1 Å². The molecular formula is C20H28F3N7O3. The number of halogens is 3. The van der Waals surface area contributed by atoms with E-state index in [-0.39, 0.29) is 6.10 Å². The van der Waals surface area contributed by atoms with E-state index < -0.39 is 12.1 Å². The Hall–Kier alpha value is -3.09. The maximum atomic E-state index is 10.6. The smallest absolute Gasteiger partial charge is 0.475 e. The minimum atomic E-state index is -5.08. The highest BCUT2D eigenvalue weighted by Crippen LogP contribution is 2.30. The first kappa shape index (κ1) is 24.6. The van der Waals surface area contributed by atoms with E-state index >= 15 is 0 Å². The van der Waals surface area contributed by atoms with Crippen molar-refractivity contribution < 1.29 is 27.8 Å². The number of carboxylic acid groups (broad SMARTS) is 1. The Morgan fingerprint density at radius 3 is 2.48 bits per heavy atom. The molecule has 2 fully saturated rings. The Labute approximate surface area is 188 Å². The molecule has 182 valence electrons. The zero-order valence-electron chi connectivity index (χ0n) is 18.2. The highest BCUT2D eigenvalue weighted by atomic mass is 19.4. The Morgan fingerprint density at radius 2 is 1.91 bits per heavy atom. The minimum Gasteiger partial charge on any atom is -0.475 e. The van der Waals surface area contributed by atoms with Gasteiger partial charge in [-0.2, -0.15) is 18.2 Å². The number of aliphatic carboxylic acids is 1. The first-order valence-electron chi connectivity index (χ1n) is 10.7. The molecule has 0 aliphatic heterocycles. The summed E-state index contributed by atoms with van der Waals surface area (Å²) in [6.45, 7) is 0. The van der Waals surface area contributed by atoms with Gasteiger partial charge in [-0.1, -0.05) is 0 Å². The van der Waals surface area contributed by atoms with Crippen LogP contribution in [0.25, 0.3) is 0 Å². The third-order valence-corrected chi connectivity index (χ3v) is 5.39. The second kappa shape index (κ2) is 10.7. The molecule has 2 aliphatic carbocycles. The lowest BCUT2D eigenvalue weighted by molar-refractivity contribution is -0.192. The summed E-state index contributed by atoms with van der Waals surface area (Å²) in [4.78, 5) is 17.8. The largest absolute Gasteiger partial charge is 0.490 e. The number of hydrogen-bond donors (Lipinski definition) is 4. The number of hydrogen-bond acceptors (Lipinski definition) is 8. The van der Waals surface area contributed by atoms with E-state index in [4.69, 9.17) is 20.4 Å². The number of nitrogens with zero attached hydrogens (tertiary/aromatic N) is 4. The van der Waals surface area contributed by atoms with Crippen molar-refractivity contribution in [1.29, 1.82) is 0 Å². The Kier molecular flexibility index (Phi) is 7.95. The fourth-order valence-corrected chi connectivity index (χ4v) is 3.38. The summed E-state index contributed by atoms with van der Waals surface area (Å²) in [6.07, 6.45) is 6.53. The van der Waals surface area contributed by atoms with Gasteiger partial charge in [0.15, 0.2) is 0 Å². The van der Waals surface area contributed by atoms with Gasteiger partial charge in [0.1, 0.15) is 17.6 Å². The van der Waals surface area contributed by atoms with Crippen molar-refractivity contribution >= 4 is 23.4 Å². The average molecular weight is 471 g/mol. The molecular weight excluding hydrogens is 443 g/mol. The van der Waals surface area contributed by atoms with E-state index in [1.807, 2.05) is 19.3 Å². The number of rotatable bonds is 6. The predicted octanol–water partition coefficient (Wildman–Crippen LogP) is 3.20. The van der Waals surface area contributed by atoms with Gasteiger partial charge in [0, 0.05) is 25.3 Å². The fourth-order valence-electron chi connectivity index (χ4n) is 3.38. The first-order valence-corrected chi connectivity index (χ1v) is 10.7. The number of nitrogens with two attached hydrogens (primary N) is 1. The molecule has 0 aromatic carbocycles. The summed E-state index contributed by atoms with van der Waals surface area (Å²) in [5.41, 5.74) is 6.77. The fraction of sp³-hybridized carbons (Fsp3) is 0.600. The van der Waals surface area contributed by atoms with Gasteiger partial charge < -0.3 is 26.2 Å². The number of aryl methyl sites for hydroxylation is 1.